The summed E-state index contributed by atoms with van der Waals surface area (Å²) in [6.45, 7) is 3.48. The molecule has 0 aliphatic carbocycles. The molecule has 1 aliphatic heterocycles. The van der Waals surface area contributed by atoms with Gasteiger partial charge in [-0.3, -0.25) is 20.0 Å². The first-order chi connectivity index (χ1) is 10.5. The maximum Gasteiger partial charge on any atom is 0.351 e. The van der Waals surface area contributed by atoms with Gasteiger partial charge in [-0.05, 0) is 18.9 Å². The standard InChI is InChI=1S/C13H18N4O5/c1-2-9(14)12(18)21-7-8-3-4-11(22-8)17-6-5-10(16-20)15-13(17)19/h2,5-6,8-9,11,20H,1,3-4,7,14H2,(H,15,16,19)/t8-,9-,11+/m0/s1. The second-order valence-electron chi connectivity index (χ2n) is 4.80. The summed E-state index contributed by atoms with van der Waals surface area (Å²) in [7, 11) is 0. The van der Waals surface area contributed by atoms with E-state index in [0.717, 1.165) is 0 Å². The zero-order chi connectivity index (χ0) is 16.1. The average Bonchev–Trinajstić information content (AvgIpc) is 3.00. The van der Waals surface area contributed by atoms with Gasteiger partial charge in [-0.1, -0.05) is 6.08 Å². The Labute approximate surface area is 126 Å². The summed E-state index contributed by atoms with van der Waals surface area (Å²) in [6.07, 6.45) is 3.19. The summed E-state index contributed by atoms with van der Waals surface area (Å²) in [5.41, 5.74) is 6.71. The van der Waals surface area contributed by atoms with Crippen LogP contribution < -0.4 is 16.9 Å². The number of nitrogens with one attached hydrogen (secondary N) is 1. The second kappa shape index (κ2) is 7.16. The molecule has 0 amide bonds. The largest absolute Gasteiger partial charge is 0.462 e. The van der Waals surface area contributed by atoms with E-state index in [0.29, 0.717) is 12.8 Å². The quantitative estimate of drug-likeness (QED) is 0.373. The Hall–Kier alpha value is -2.23. The molecule has 4 N–H and O–H groups in total. The Morgan fingerprint density at radius 3 is 3.14 bits per heavy atom. The third-order valence-corrected chi connectivity index (χ3v) is 3.28. The van der Waals surface area contributed by atoms with E-state index in [1.54, 1.807) is 5.48 Å². The van der Waals surface area contributed by atoms with Crippen LogP contribution in [-0.4, -0.2) is 39.5 Å². The van der Waals surface area contributed by atoms with Crippen LogP contribution in [0.15, 0.2) is 29.7 Å². The van der Waals surface area contributed by atoms with Crippen LogP contribution in [-0.2, 0) is 14.3 Å². The number of rotatable bonds is 6. The predicted molar refractivity (Wildman–Crippen MR) is 76.2 cm³/mol. The minimum atomic E-state index is -0.859. The fraction of sp³-hybridized carbons (Fsp3) is 0.462. The van der Waals surface area contributed by atoms with Gasteiger partial charge >= 0.3 is 11.7 Å². The predicted octanol–water partition coefficient (Wildman–Crippen LogP) is -0.222. The van der Waals surface area contributed by atoms with E-state index in [9.17, 15) is 9.59 Å². The smallest absolute Gasteiger partial charge is 0.351 e. The first kappa shape index (κ1) is 16.1. The molecule has 2 rings (SSSR count). The van der Waals surface area contributed by atoms with Crippen molar-refractivity contribution in [1.29, 1.82) is 0 Å². The fourth-order valence-corrected chi connectivity index (χ4v) is 2.08. The van der Waals surface area contributed by atoms with Gasteiger partial charge in [0, 0.05) is 6.20 Å². The highest BCUT2D eigenvalue weighted by atomic mass is 16.6. The molecule has 0 aromatic carbocycles. The van der Waals surface area contributed by atoms with Crippen LogP contribution >= 0.6 is 0 Å². The van der Waals surface area contributed by atoms with E-state index < -0.39 is 23.9 Å². The molecular formula is C13H18N4O5. The van der Waals surface area contributed by atoms with Crippen molar-refractivity contribution in [3.05, 3.63) is 35.4 Å². The molecule has 0 spiro atoms. The lowest BCUT2D eigenvalue weighted by Crippen LogP contribution is -2.32. The Balaban J connectivity index is 1.91. The van der Waals surface area contributed by atoms with Crippen molar-refractivity contribution in [3.63, 3.8) is 0 Å². The zero-order valence-electron chi connectivity index (χ0n) is 11.8. The molecule has 9 heteroatoms. The van der Waals surface area contributed by atoms with E-state index >= 15 is 0 Å². The van der Waals surface area contributed by atoms with Gasteiger partial charge in [-0.15, -0.1) is 6.58 Å². The highest BCUT2D eigenvalue weighted by Crippen LogP contribution is 2.27. The molecule has 0 saturated carbocycles. The molecule has 2 heterocycles. The Bertz CT molecular complexity index is 602. The Kier molecular flexibility index (Phi) is 5.26. The van der Waals surface area contributed by atoms with Crippen molar-refractivity contribution in [2.24, 2.45) is 5.73 Å². The lowest BCUT2D eigenvalue weighted by Gasteiger charge is -2.16. The molecule has 3 atom stereocenters. The molecule has 1 aliphatic rings. The van der Waals surface area contributed by atoms with Crippen molar-refractivity contribution in [3.8, 4) is 0 Å². The highest BCUT2D eigenvalue weighted by Gasteiger charge is 2.28. The third-order valence-electron chi connectivity index (χ3n) is 3.28. The summed E-state index contributed by atoms with van der Waals surface area (Å²) >= 11 is 0. The summed E-state index contributed by atoms with van der Waals surface area (Å²) in [4.78, 5) is 26.9. The highest BCUT2D eigenvalue weighted by molar-refractivity contribution is 5.77. The third kappa shape index (κ3) is 3.70. The van der Waals surface area contributed by atoms with E-state index in [2.05, 4.69) is 11.6 Å². The summed E-state index contributed by atoms with van der Waals surface area (Å²) < 4.78 is 12.0. The SMILES string of the molecule is C=C[C@H](N)C(=O)OC[C@@H]1CC[C@H](n2ccc(NO)nc2=O)O1. The van der Waals surface area contributed by atoms with Gasteiger partial charge in [0.25, 0.3) is 0 Å². The summed E-state index contributed by atoms with van der Waals surface area (Å²) in [5.74, 6) is -0.512. The van der Waals surface area contributed by atoms with Gasteiger partial charge in [-0.25, -0.2) is 4.79 Å². The number of carbonyl (C=O) groups excluding carboxylic acids is 1. The second-order valence-corrected chi connectivity index (χ2v) is 4.80. The van der Waals surface area contributed by atoms with Crippen molar-refractivity contribution in [2.45, 2.75) is 31.2 Å². The van der Waals surface area contributed by atoms with Crippen LogP contribution in [0.5, 0.6) is 0 Å². The summed E-state index contributed by atoms with van der Waals surface area (Å²) in [6, 6.07) is 0.587. The number of hydrogen-bond acceptors (Lipinski definition) is 8. The van der Waals surface area contributed by atoms with E-state index in [1.807, 2.05) is 0 Å². The molecule has 0 radical (unpaired) electrons. The number of nitrogens with zero attached hydrogens (tertiary/aromatic N) is 2. The average molecular weight is 310 g/mol. The van der Waals surface area contributed by atoms with Crippen LogP contribution in [0.4, 0.5) is 5.82 Å². The molecule has 1 saturated heterocycles. The maximum absolute atomic E-state index is 11.8. The van der Waals surface area contributed by atoms with Crippen LogP contribution in [0.2, 0.25) is 0 Å². The van der Waals surface area contributed by atoms with Gasteiger partial charge in [0.2, 0.25) is 0 Å². The lowest BCUT2D eigenvalue weighted by molar-refractivity contribution is -0.148. The first-order valence-electron chi connectivity index (χ1n) is 6.74. The van der Waals surface area contributed by atoms with Crippen molar-refractivity contribution < 1.29 is 19.5 Å². The van der Waals surface area contributed by atoms with Crippen molar-refractivity contribution in [2.75, 3.05) is 12.1 Å². The van der Waals surface area contributed by atoms with Crippen molar-refractivity contribution in [1.82, 2.24) is 9.55 Å². The fourth-order valence-electron chi connectivity index (χ4n) is 2.08. The van der Waals surface area contributed by atoms with Crippen LogP contribution in [0.1, 0.15) is 19.1 Å². The van der Waals surface area contributed by atoms with Gasteiger partial charge in [0.15, 0.2) is 5.82 Å². The molecule has 120 valence electrons. The van der Waals surface area contributed by atoms with Gasteiger partial charge in [0.1, 0.15) is 18.9 Å². The Morgan fingerprint density at radius 2 is 2.50 bits per heavy atom. The van der Waals surface area contributed by atoms with E-state index in [1.165, 1.54) is 22.9 Å². The number of nitrogens with two attached hydrogens (primary N) is 1. The topological polar surface area (TPSA) is 129 Å². The molecular weight excluding hydrogens is 292 g/mol. The maximum atomic E-state index is 11.8. The van der Waals surface area contributed by atoms with Gasteiger partial charge in [-0.2, -0.15) is 4.98 Å². The number of esters is 1. The first-order valence-corrected chi connectivity index (χ1v) is 6.74. The number of ether oxygens (including phenoxy) is 2. The minimum absolute atomic E-state index is 0.0585. The number of hydrogen-bond donors (Lipinski definition) is 3. The van der Waals surface area contributed by atoms with E-state index in [-0.39, 0.29) is 18.5 Å². The van der Waals surface area contributed by atoms with E-state index in [4.69, 9.17) is 20.4 Å². The number of anilines is 1. The van der Waals surface area contributed by atoms with Crippen LogP contribution in [0, 0.1) is 0 Å². The monoisotopic (exact) mass is 310 g/mol. The zero-order valence-corrected chi connectivity index (χ0v) is 11.8. The minimum Gasteiger partial charge on any atom is -0.462 e. The van der Waals surface area contributed by atoms with Gasteiger partial charge in [0.05, 0.1) is 6.10 Å². The molecule has 0 bridgehead atoms. The number of carbonyl (C=O) groups is 1. The van der Waals surface area contributed by atoms with Crippen molar-refractivity contribution >= 4 is 11.8 Å². The van der Waals surface area contributed by atoms with Crippen LogP contribution in [0.3, 0.4) is 0 Å². The lowest BCUT2D eigenvalue weighted by atomic mass is 10.2. The van der Waals surface area contributed by atoms with Crippen LogP contribution in [0.25, 0.3) is 0 Å². The number of aromatic nitrogens is 2. The van der Waals surface area contributed by atoms with Gasteiger partial charge < -0.3 is 15.2 Å². The summed E-state index contributed by atoms with van der Waals surface area (Å²) in [5, 5.41) is 8.69. The molecule has 1 fully saturated rings. The molecule has 1 aromatic heterocycles. The Morgan fingerprint density at radius 1 is 1.73 bits per heavy atom. The normalized spacial score (nSPS) is 22.1. The molecule has 1 aromatic rings. The molecule has 0 unspecified atom stereocenters. The molecule has 9 nitrogen and oxygen atoms in total. The molecule has 22 heavy (non-hydrogen) atoms.